The lowest BCUT2D eigenvalue weighted by atomic mass is 9.61. The molecule has 2 saturated heterocycles. The molecule has 1 aromatic carbocycles. The zero-order valence-corrected chi connectivity index (χ0v) is 15.2. The van der Waals surface area contributed by atoms with Crippen molar-refractivity contribution < 1.29 is 9.28 Å². The third kappa shape index (κ3) is 1.68. The molecule has 2 fully saturated rings. The van der Waals surface area contributed by atoms with Gasteiger partial charge in [-0.25, -0.2) is 0 Å². The van der Waals surface area contributed by atoms with Crippen LogP contribution in [0.15, 0.2) is 47.2 Å². The Balaban J connectivity index is 1.81. The predicted octanol–water partition coefficient (Wildman–Crippen LogP) is 3.78. The minimum absolute atomic E-state index is 0.0395. The van der Waals surface area contributed by atoms with Gasteiger partial charge < -0.3 is 9.80 Å². The average Bonchev–Trinajstić information content (AvgIpc) is 3.16. The molecule has 0 radical (unpaired) electrons. The fraction of sp³-hybridized carbons (Fsp3) is 0.500. The summed E-state index contributed by atoms with van der Waals surface area (Å²) < 4.78 is 1.22. The second-order valence-corrected chi connectivity index (χ2v) is 8.33. The normalized spacial score (nSPS) is 39.2. The van der Waals surface area contributed by atoms with Gasteiger partial charge in [0.2, 0.25) is 0 Å². The number of carbonyl (C=O) groups excluding carboxylic acids is 1. The number of quaternary nitrogens is 1. The standard InChI is InChI=1S/C22H26N2O/c1-3-10-24-11-9-22-18-7-5-6-8-19(18)23-21(22)17(14-25)16(12-20(22)24)15(4-2)13-24/h4-8,14,16,20H,3,9-13H2,1-2H3/p+1/b15-4-/t16-,20-,22?,24?/m0/s1. The van der Waals surface area contributed by atoms with Crippen LogP contribution in [0.2, 0.25) is 0 Å². The molecule has 0 amide bonds. The minimum atomic E-state index is 0.0395. The van der Waals surface area contributed by atoms with Gasteiger partial charge in [-0.2, -0.15) is 0 Å². The SMILES string of the molecule is C/C=C1/C[N+]2(CCC)CCC34C(=C(C=O)[C@H]1C[C@@H]32)Nc1ccccc14. The summed E-state index contributed by atoms with van der Waals surface area (Å²) in [7, 11) is 0. The van der Waals surface area contributed by atoms with Crippen LogP contribution in [0.3, 0.4) is 0 Å². The third-order valence-corrected chi connectivity index (χ3v) is 7.53. The highest BCUT2D eigenvalue weighted by Crippen LogP contribution is 2.63. The smallest absolute Gasteiger partial charge is 0.148 e. The Labute approximate surface area is 150 Å². The Morgan fingerprint density at radius 1 is 1.36 bits per heavy atom. The zero-order valence-electron chi connectivity index (χ0n) is 15.2. The van der Waals surface area contributed by atoms with Crippen LogP contribution in [0, 0.1) is 5.92 Å². The summed E-state index contributed by atoms with van der Waals surface area (Å²) in [4.78, 5) is 12.2. The van der Waals surface area contributed by atoms with Gasteiger partial charge in [0.1, 0.15) is 18.9 Å². The summed E-state index contributed by atoms with van der Waals surface area (Å²) in [5.74, 6) is 0.318. The summed E-state index contributed by atoms with van der Waals surface area (Å²) in [6.45, 7) is 8.08. The monoisotopic (exact) mass is 335 g/mol. The molecule has 0 saturated carbocycles. The third-order valence-electron chi connectivity index (χ3n) is 7.53. The zero-order chi connectivity index (χ0) is 17.2. The van der Waals surface area contributed by atoms with Crippen LogP contribution in [0.5, 0.6) is 0 Å². The number of hydrogen-bond acceptors (Lipinski definition) is 2. The number of nitrogens with zero attached hydrogens (tertiary/aromatic N) is 1. The van der Waals surface area contributed by atoms with Crippen molar-refractivity contribution in [1.29, 1.82) is 0 Å². The summed E-state index contributed by atoms with van der Waals surface area (Å²) in [5.41, 5.74) is 6.44. The van der Waals surface area contributed by atoms with Gasteiger partial charge >= 0.3 is 0 Å². The number of fused-ring (bicyclic) bond motifs is 2. The van der Waals surface area contributed by atoms with Crippen molar-refractivity contribution in [2.24, 2.45) is 5.92 Å². The molecule has 4 atom stereocenters. The lowest BCUT2D eigenvalue weighted by Gasteiger charge is -2.53. The second-order valence-electron chi connectivity index (χ2n) is 8.33. The van der Waals surface area contributed by atoms with E-state index in [0.29, 0.717) is 12.0 Å². The molecule has 0 aromatic heterocycles. The van der Waals surface area contributed by atoms with Gasteiger partial charge in [-0.05, 0) is 30.5 Å². The van der Waals surface area contributed by atoms with Gasteiger partial charge in [-0.15, -0.1) is 0 Å². The lowest BCUT2D eigenvalue weighted by Crippen LogP contribution is -2.63. The van der Waals surface area contributed by atoms with Crippen molar-refractivity contribution in [3.8, 4) is 0 Å². The van der Waals surface area contributed by atoms with Gasteiger partial charge in [0.25, 0.3) is 0 Å². The largest absolute Gasteiger partial charge is 0.357 e. The number of benzene rings is 1. The van der Waals surface area contributed by atoms with E-state index in [0.717, 1.165) is 31.2 Å². The van der Waals surface area contributed by atoms with E-state index in [1.807, 2.05) is 0 Å². The van der Waals surface area contributed by atoms with Crippen molar-refractivity contribution in [3.05, 3.63) is 52.7 Å². The van der Waals surface area contributed by atoms with Crippen LogP contribution >= 0.6 is 0 Å². The van der Waals surface area contributed by atoms with Crippen LogP contribution < -0.4 is 5.32 Å². The van der Waals surface area contributed by atoms with Crippen molar-refractivity contribution in [2.45, 2.75) is 44.6 Å². The molecule has 1 aliphatic carbocycles. The molecule has 2 bridgehead atoms. The van der Waals surface area contributed by atoms with Crippen molar-refractivity contribution in [3.63, 3.8) is 0 Å². The van der Waals surface area contributed by atoms with Crippen molar-refractivity contribution in [2.75, 3.05) is 25.0 Å². The van der Waals surface area contributed by atoms with Gasteiger partial charge in [-0.3, -0.25) is 4.79 Å². The molecular formula is C22H27N2O+. The molecule has 3 heteroatoms. The number of nitrogens with one attached hydrogen (secondary N) is 1. The maximum atomic E-state index is 12.2. The fourth-order valence-corrected chi connectivity index (χ4v) is 6.68. The van der Waals surface area contributed by atoms with Gasteiger partial charge in [0.15, 0.2) is 0 Å². The van der Waals surface area contributed by atoms with E-state index in [4.69, 9.17) is 0 Å². The van der Waals surface area contributed by atoms with E-state index < -0.39 is 0 Å². The molecular weight excluding hydrogens is 308 g/mol. The molecule has 5 rings (SSSR count). The molecule has 4 aliphatic rings. The van der Waals surface area contributed by atoms with E-state index in [9.17, 15) is 4.79 Å². The minimum Gasteiger partial charge on any atom is -0.357 e. The fourth-order valence-electron chi connectivity index (χ4n) is 6.68. The van der Waals surface area contributed by atoms with Crippen LogP contribution in [0.1, 0.15) is 38.7 Å². The molecule has 25 heavy (non-hydrogen) atoms. The summed E-state index contributed by atoms with van der Waals surface area (Å²) in [6.07, 6.45) is 6.96. The van der Waals surface area contributed by atoms with E-state index in [-0.39, 0.29) is 5.41 Å². The predicted molar refractivity (Wildman–Crippen MR) is 100 cm³/mol. The highest BCUT2D eigenvalue weighted by molar-refractivity contribution is 5.84. The number of hydrogen-bond donors (Lipinski definition) is 1. The number of anilines is 1. The molecule has 3 nitrogen and oxygen atoms in total. The molecule has 1 aromatic rings. The number of aldehydes is 1. The lowest BCUT2D eigenvalue weighted by molar-refractivity contribution is -0.941. The molecule has 3 aliphatic heterocycles. The van der Waals surface area contributed by atoms with Gasteiger partial charge in [0, 0.05) is 35.7 Å². The Morgan fingerprint density at radius 3 is 2.96 bits per heavy atom. The molecule has 3 heterocycles. The quantitative estimate of drug-likeness (QED) is 0.517. The molecule has 1 spiro atoms. The Hall–Kier alpha value is -1.87. The number of allylic oxidation sites excluding steroid dienone is 2. The molecule has 1 N–H and O–H groups in total. The maximum absolute atomic E-state index is 12.2. The van der Waals surface area contributed by atoms with E-state index in [2.05, 4.69) is 49.5 Å². The van der Waals surface area contributed by atoms with Crippen LogP contribution in [0.25, 0.3) is 0 Å². The average molecular weight is 335 g/mol. The van der Waals surface area contributed by atoms with Gasteiger partial charge in [-0.1, -0.05) is 31.2 Å². The first kappa shape index (κ1) is 15.4. The van der Waals surface area contributed by atoms with E-state index in [1.54, 1.807) is 0 Å². The van der Waals surface area contributed by atoms with Crippen LogP contribution in [-0.2, 0) is 10.2 Å². The van der Waals surface area contributed by atoms with E-state index in [1.165, 1.54) is 46.5 Å². The maximum Gasteiger partial charge on any atom is 0.148 e. The Morgan fingerprint density at radius 2 is 2.20 bits per heavy atom. The molecule has 130 valence electrons. The van der Waals surface area contributed by atoms with Crippen LogP contribution in [-0.4, -0.2) is 36.4 Å². The topological polar surface area (TPSA) is 29.1 Å². The number of rotatable bonds is 3. The highest BCUT2D eigenvalue weighted by Gasteiger charge is 2.68. The first-order chi connectivity index (χ1) is 12.2. The first-order valence-electron chi connectivity index (χ1n) is 9.77. The first-order valence-corrected chi connectivity index (χ1v) is 9.77. The molecule has 2 unspecified atom stereocenters. The second kappa shape index (κ2) is 5.07. The number of piperidine rings is 1. The summed E-state index contributed by atoms with van der Waals surface area (Å²) in [5, 5.41) is 3.70. The van der Waals surface area contributed by atoms with Crippen molar-refractivity contribution >= 4 is 12.0 Å². The van der Waals surface area contributed by atoms with Crippen LogP contribution in [0.4, 0.5) is 5.69 Å². The van der Waals surface area contributed by atoms with Gasteiger partial charge in [0.05, 0.1) is 18.5 Å². The number of carbonyl (C=O) groups is 1. The Bertz CT molecular complexity index is 823. The van der Waals surface area contributed by atoms with Crippen molar-refractivity contribution in [1.82, 2.24) is 0 Å². The van der Waals surface area contributed by atoms with E-state index >= 15 is 0 Å². The number of para-hydroxylation sites is 1. The Kier molecular flexibility index (Phi) is 3.12. The summed E-state index contributed by atoms with van der Waals surface area (Å²) in [6, 6.07) is 9.36. The summed E-state index contributed by atoms with van der Waals surface area (Å²) >= 11 is 0. The highest BCUT2D eigenvalue weighted by atomic mass is 16.1.